The minimum Gasteiger partial charge on any atom is -0.442 e. The highest BCUT2D eigenvalue weighted by atomic mass is 31.2. The van der Waals surface area contributed by atoms with Gasteiger partial charge in [0.1, 0.15) is 18.9 Å². The maximum Gasteiger partial charge on any atom is 0.414 e. The third kappa shape index (κ3) is 5.10. The fourth-order valence-electron chi connectivity index (χ4n) is 3.33. The number of cyclic esters (lactones) is 1. The number of anilines is 2. The number of ether oxygens (including phenoxy) is 1. The van der Waals surface area contributed by atoms with Gasteiger partial charge in [-0.1, -0.05) is 11.7 Å². The van der Waals surface area contributed by atoms with Crippen molar-refractivity contribution in [3.8, 4) is 0 Å². The van der Waals surface area contributed by atoms with Gasteiger partial charge >= 0.3 is 6.09 Å². The summed E-state index contributed by atoms with van der Waals surface area (Å²) in [6, 6.07) is 0.659. The molecule has 1 fully saturated rings. The zero-order valence-electron chi connectivity index (χ0n) is 17.3. The minimum absolute atomic E-state index is 0.00665. The zero-order valence-corrected chi connectivity index (χ0v) is 18.2. The number of hydrogen-bond acceptors (Lipinski definition) is 8. The molecule has 33 heavy (non-hydrogen) atoms. The van der Waals surface area contributed by atoms with Gasteiger partial charge in [-0.15, -0.1) is 0 Å². The summed E-state index contributed by atoms with van der Waals surface area (Å²) in [5, 5.41) is 3.57. The van der Waals surface area contributed by atoms with E-state index in [9.17, 15) is 32.5 Å². The van der Waals surface area contributed by atoms with Crippen LogP contribution in [0.2, 0.25) is 0 Å². The van der Waals surface area contributed by atoms with E-state index in [4.69, 9.17) is 4.74 Å². The van der Waals surface area contributed by atoms with E-state index in [1.807, 2.05) is 0 Å². The lowest BCUT2D eigenvalue weighted by atomic mass is 10.1. The van der Waals surface area contributed by atoms with Crippen molar-refractivity contribution in [2.45, 2.75) is 12.5 Å². The first-order valence-electron chi connectivity index (χ1n) is 9.50. The molecule has 1 unspecified atom stereocenters. The first kappa shape index (κ1) is 24.5. The van der Waals surface area contributed by atoms with Gasteiger partial charge in [-0.2, -0.15) is 0 Å². The van der Waals surface area contributed by atoms with Crippen LogP contribution < -0.4 is 9.80 Å². The van der Waals surface area contributed by atoms with Gasteiger partial charge in [0.15, 0.2) is 29.1 Å². The number of carbonyl (C=O) groups excluding carboxylic acids is 2. The smallest absolute Gasteiger partial charge is 0.414 e. The number of hydrogen-bond donors (Lipinski definition) is 2. The number of benzene rings is 1. The molecule has 178 valence electrons. The van der Waals surface area contributed by atoms with E-state index in [-0.39, 0.29) is 37.7 Å². The number of amides is 1. The third-order valence-electron chi connectivity index (χ3n) is 4.83. The Bertz CT molecular complexity index is 1020. The number of allylic oxidation sites excluding steroid dienone is 1. The van der Waals surface area contributed by atoms with Crippen molar-refractivity contribution in [3.05, 3.63) is 48.4 Å². The second kappa shape index (κ2) is 10.2. The van der Waals surface area contributed by atoms with Gasteiger partial charge in [0.25, 0.3) is 8.53 Å². The van der Waals surface area contributed by atoms with Crippen molar-refractivity contribution in [1.82, 2.24) is 4.67 Å². The summed E-state index contributed by atoms with van der Waals surface area (Å²) in [6.45, 7) is 2.79. The molecule has 2 heterocycles. The predicted molar refractivity (Wildman–Crippen MR) is 113 cm³/mol. The highest BCUT2D eigenvalue weighted by Crippen LogP contribution is 2.36. The molecule has 10 nitrogen and oxygen atoms in total. The molecule has 2 aliphatic heterocycles. The van der Waals surface area contributed by atoms with Gasteiger partial charge < -0.3 is 24.3 Å². The largest absolute Gasteiger partial charge is 0.442 e. The summed E-state index contributed by atoms with van der Waals surface area (Å²) in [6.07, 6.45) is 1.34. The fourth-order valence-corrected chi connectivity index (χ4v) is 3.96. The van der Waals surface area contributed by atoms with Crippen LogP contribution in [0.15, 0.2) is 36.2 Å². The van der Waals surface area contributed by atoms with Gasteiger partial charge in [-0.05, 0) is 12.2 Å². The lowest BCUT2D eigenvalue weighted by Crippen LogP contribution is -2.35. The Morgan fingerprint density at radius 1 is 1.39 bits per heavy atom. The Morgan fingerprint density at radius 3 is 2.70 bits per heavy atom. The van der Waals surface area contributed by atoms with E-state index in [0.29, 0.717) is 11.0 Å². The first-order valence-corrected chi connectivity index (χ1v) is 10.7. The molecular formula is C19H20F3N4O6P. The second-order valence-electron chi connectivity index (χ2n) is 6.88. The zero-order chi connectivity index (χ0) is 24.3. The Hall–Kier alpha value is -3.15. The van der Waals surface area contributed by atoms with Gasteiger partial charge in [0, 0.05) is 25.2 Å². The summed E-state index contributed by atoms with van der Waals surface area (Å²) in [5.41, 5.74) is -1.37. The number of amidine groups is 1. The molecule has 1 atom stereocenters. The molecule has 0 radical (unpaired) electrons. The maximum atomic E-state index is 14.9. The van der Waals surface area contributed by atoms with E-state index in [0.717, 1.165) is 21.8 Å². The molecule has 0 bridgehead atoms. The molecule has 1 saturated heterocycles. The molecule has 0 aliphatic carbocycles. The van der Waals surface area contributed by atoms with Crippen LogP contribution in [0.25, 0.3) is 0 Å². The number of oxime groups is 1. The Balaban J connectivity index is 1.85. The lowest BCUT2D eigenvalue weighted by Gasteiger charge is -2.26. The van der Waals surface area contributed by atoms with Gasteiger partial charge in [0.05, 0.1) is 18.8 Å². The van der Waals surface area contributed by atoms with Crippen LogP contribution in [0.4, 0.5) is 29.3 Å². The summed E-state index contributed by atoms with van der Waals surface area (Å²) in [7, 11) is -1.51. The summed E-state index contributed by atoms with van der Waals surface area (Å²) in [5.74, 6) is -4.45. The van der Waals surface area contributed by atoms with Crippen molar-refractivity contribution in [2.24, 2.45) is 5.16 Å². The molecule has 14 heteroatoms. The van der Waals surface area contributed by atoms with Crippen molar-refractivity contribution in [2.75, 3.05) is 36.5 Å². The molecular weight excluding hydrogens is 468 g/mol. The average Bonchev–Trinajstić information content (AvgIpc) is 3.14. The topological polar surface area (TPSA) is 115 Å². The number of halogens is 3. The first-order chi connectivity index (χ1) is 15.7. The molecule has 0 spiro atoms. The van der Waals surface area contributed by atoms with Crippen LogP contribution in [0.5, 0.6) is 0 Å². The number of nitrogens with zero attached hydrogens (tertiary/aromatic N) is 4. The van der Waals surface area contributed by atoms with Crippen molar-refractivity contribution in [3.63, 3.8) is 0 Å². The summed E-state index contributed by atoms with van der Waals surface area (Å²) < 4.78 is 50.4. The van der Waals surface area contributed by atoms with E-state index < -0.39 is 49.5 Å². The van der Waals surface area contributed by atoms with E-state index >= 15 is 0 Å². The van der Waals surface area contributed by atoms with Crippen molar-refractivity contribution in [1.29, 1.82) is 0 Å². The Morgan fingerprint density at radius 2 is 2.12 bits per heavy atom. The quantitative estimate of drug-likeness (QED) is 0.198. The molecule has 2 N–H and O–H groups in total. The standard InChI is InChI=1S/C19H20F3N4O6P/c1-3-15(23-31-2)26(33(29)30)10-12-9-25(19(28)32-12)14-8-13(20)18(17(22)16(14)21)24-6-4-11(27)5-7-24/h3-4,6,8,12,29-30H,1,5,7,9-10H2,2H3/b23-15+. The van der Waals surface area contributed by atoms with Gasteiger partial charge in [0.2, 0.25) is 0 Å². The monoisotopic (exact) mass is 488 g/mol. The Labute approximate surface area is 187 Å². The number of carbonyl (C=O) groups is 2. The summed E-state index contributed by atoms with van der Waals surface area (Å²) in [4.78, 5) is 49.3. The Kier molecular flexibility index (Phi) is 7.57. The van der Waals surface area contributed by atoms with E-state index in [2.05, 4.69) is 16.6 Å². The molecule has 0 aromatic heterocycles. The normalized spacial score (nSPS) is 18.8. The second-order valence-corrected chi connectivity index (χ2v) is 7.90. The van der Waals surface area contributed by atoms with Crippen LogP contribution in [0.1, 0.15) is 6.42 Å². The molecule has 1 aromatic carbocycles. The minimum atomic E-state index is -2.74. The molecule has 1 amide bonds. The third-order valence-corrected chi connectivity index (χ3v) is 5.63. The molecule has 3 rings (SSSR count). The van der Waals surface area contributed by atoms with E-state index in [1.54, 1.807) is 0 Å². The van der Waals surface area contributed by atoms with Gasteiger partial charge in [-0.25, -0.2) is 18.0 Å². The van der Waals surface area contributed by atoms with Crippen LogP contribution in [0, 0.1) is 17.5 Å². The van der Waals surface area contributed by atoms with E-state index in [1.165, 1.54) is 13.2 Å². The van der Waals surface area contributed by atoms with Crippen molar-refractivity contribution < 1.29 is 42.1 Å². The van der Waals surface area contributed by atoms with Crippen LogP contribution in [0.3, 0.4) is 0 Å². The lowest BCUT2D eigenvalue weighted by molar-refractivity contribution is -0.114. The average molecular weight is 488 g/mol. The van der Waals surface area contributed by atoms with Crippen LogP contribution in [-0.2, 0) is 14.4 Å². The van der Waals surface area contributed by atoms with Crippen LogP contribution >= 0.6 is 8.53 Å². The molecule has 2 aliphatic rings. The fraction of sp³-hybridized carbons (Fsp3) is 0.316. The van der Waals surface area contributed by atoms with Crippen molar-refractivity contribution >= 4 is 37.6 Å². The predicted octanol–water partition coefficient (Wildman–Crippen LogP) is 2.38. The number of rotatable bonds is 7. The van der Waals surface area contributed by atoms with Crippen LogP contribution in [-0.4, -0.2) is 65.0 Å². The SMILES string of the molecule is C=C/C(=N\OC)N(CC1CN(c2cc(F)c(N3C=CC(=O)CC3)c(F)c2F)C(=O)O1)P(O)O. The molecule has 0 saturated carbocycles. The maximum absolute atomic E-state index is 14.9. The molecule has 1 aromatic rings. The highest BCUT2D eigenvalue weighted by Gasteiger charge is 2.38. The van der Waals surface area contributed by atoms with Gasteiger partial charge in [-0.3, -0.25) is 14.4 Å². The number of ketones is 1. The highest BCUT2D eigenvalue weighted by molar-refractivity contribution is 7.43. The summed E-state index contributed by atoms with van der Waals surface area (Å²) >= 11 is 0.